The Morgan fingerprint density at radius 2 is 1.89 bits per heavy atom. The van der Waals surface area contributed by atoms with E-state index in [0.717, 1.165) is 0 Å². The molecule has 0 unspecified atom stereocenters. The quantitative estimate of drug-likeness (QED) is 0.789. The Hall–Kier alpha value is -1.75. The lowest BCUT2D eigenvalue weighted by Crippen LogP contribution is -2.24. The molecule has 0 saturated heterocycles. The Bertz CT molecular complexity index is 650. The van der Waals surface area contributed by atoms with E-state index in [-0.39, 0.29) is 22.2 Å². The second-order valence-electron chi connectivity index (χ2n) is 4.01. The molecule has 104 valence electrons. The van der Waals surface area contributed by atoms with E-state index < -0.39 is 11.3 Å². The van der Waals surface area contributed by atoms with E-state index >= 15 is 0 Å². The summed E-state index contributed by atoms with van der Waals surface area (Å²) in [5.74, 6) is -0.858. The van der Waals surface area contributed by atoms with Gasteiger partial charge in [0.05, 0.1) is 22.6 Å². The standard InChI is InChI=1S/C11H11ClN2O3.C2H6/c1-5(2)14-11(17)8-6(4-13-14)3-7(15)10(16)9(8)12;1-2/h3-5,15-16H,1-2H3;1-2H3. The van der Waals surface area contributed by atoms with Crippen LogP contribution in [0.4, 0.5) is 0 Å². The molecule has 0 bridgehead atoms. The van der Waals surface area contributed by atoms with Gasteiger partial charge < -0.3 is 10.2 Å². The highest BCUT2D eigenvalue weighted by Gasteiger charge is 2.15. The summed E-state index contributed by atoms with van der Waals surface area (Å²) >= 11 is 5.86. The van der Waals surface area contributed by atoms with Crippen LogP contribution in [0.15, 0.2) is 17.1 Å². The predicted octanol–water partition coefficient (Wildman–Crippen LogP) is 3.07. The Morgan fingerprint density at radius 1 is 1.32 bits per heavy atom. The number of benzene rings is 1. The third-order valence-corrected chi connectivity index (χ3v) is 2.85. The minimum Gasteiger partial charge on any atom is -0.504 e. The number of aromatic nitrogens is 2. The monoisotopic (exact) mass is 284 g/mol. The number of aromatic hydroxyl groups is 2. The minimum atomic E-state index is -0.488. The van der Waals surface area contributed by atoms with Crippen molar-refractivity contribution >= 4 is 22.4 Å². The third-order valence-electron chi connectivity index (χ3n) is 2.48. The number of hydrogen-bond acceptors (Lipinski definition) is 4. The zero-order valence-corrected chi connectivity index (χ0v) is 12.1. The van der Waals surface area contributed by atoms with E-state index in [2.05, 4.69) is 5.10 Å². The molecule has 0 spiro atoms. The van der Waals surface area contributed by atoms with Crippen LogP contribution in [0.25, 0.3) is 10.8 Å². The maximum atomic E-state index is 12.1. The average molecular weight is 285 g/mol. The van der Waals surface area contributed by atoms with E-state index in [1.165, 1.54) is 16.9 Å². The van der Waals surface area contributed by atoms with Gasteiger partial charge in [-0.25, -0.2) is 4.68 Å². The lowest BCUT2D eigenvalue weighted by Gasteiger charge is -2.10. The molecule has 0 radical (unpaired) electrons. The van der Waals surface area contributed by atoms with Crippen molar-refractivity contribution in [3.05, 3.63) is 27.6 Å². The second kappa shape index (κ2) is 5.93. The molecular formula is C13H17ClN2O3. The van der Waals surface area contributed by atoms with Crippen molar-refractivity contribution in [2.75, 3.05) is 0 Å². The molecule has 0 saturated carbocycles. The predicted molar refractivity (Wildman–Crippen MR) is 76.1 cm³/mol. The van der Waals surface area contributed by atoms with Gasteiger partial charge in [0.1, 0.15) is 0 Å². The molecule has 1 heterocycles. The lowest BCUT2D eigenvalue weighted by atomic mass is 10.1. The summed E-state index contributed by atoms with van der Waals surface area (Å²) in [6, 6.07) is 1.15. The summed E-state index contributed by atoms with van der Waals surface area (Å²) in [4.78, 5) is 12.1. The van der Waals surface area contributed by atoms with E-state index in [0.29, 0.717) is 5.39 Å². The van der Waals surface area contributed by atoms with Crippen LogP contribution >= 0.6 is 11.6 Å². The molecule has 2 aromatic rings. The van der Waals surface area contributed by atoms with Crippen LogP contribution in [-0.2, 0) is 0 Å². The van der Waals surface area contributed by atoms with Crippen molar-refractivity contribution in [1.29, 1.82) is 0 Å². The molecule has 0 aliphatic carbocycles. The summed E-state index contributed by atoms with van der Waals surface area (Å²) < 4.78 is 1.27. The summed E-state index contributed by atoms with van der Waals surface area (Å²) in [6.45, 7) is 7.63. The zero-order chi connectivity index (χ0) is 14.7. The number of nitrogens with zero attached hydrogens (tertiary/aromatic N) is 2. The fourth-order valence-corrected chi connectivity index (χ4v) is 1.91. The van der Waals surface area contributed by atoms with Gasteiger partial charge in [0.15, 0.2) is 11.5 Å². The van der Waals surface area contributed by atoms with Crippen LogP contribution in [0, 0.1) is 0 Å². The summed E-state index contributed by atoms with van der Waals surface area (Å²) in [5, 5.41) is 23.3. The van der Waals surface area contributed by atoms with Crippen LogP contribution in [0.5, 0.6) is 11.5 Å². The number of hydrogen-bond donors (Lipinski definition) is 2. The molecule has 2 rings (SSSR count). The first-order chi connectivity index (χ1) is 8.93. The van der Waals surface area contributed by atoms with Crippen molar-refractivity contribution in [1.82, 2.24) is 9.78 Å². The first-order valence-electron chi connectivity index (χ1n) is 6.05. The number of phenolic OH excluding ortho intramolecular Hbond substituents is 2. The van der Waals surface area contributed by atoms with Crippen molar-refractivity contribution in [3.63, 3.8) is 0 Å². The van der Waals surface area contributed by atoms with E-state index in [1.54, 1.807) is 0 Å². The molecule has 6 heteroatoms. The molecule has 1 aromatic carbocycles. The Morgan fingerprint density at radius 3 is 2.42 bits per heavy atom. The van der Waals surface area contributed by atoms with E-state index in [4.69, 9.17) is 11.6 Å². The van der Waals surface area contributed by atoms with Gasteiger partial charge in [-0.3, -0.25) is 4.79 Å². The Kier molecular flexibility index (Phi) is 4.78. The molecule has 19 heavy (non-hydrogen) atoms. The zero-order valence-electron chi connectivity index (χ0n) is 11.3. The topological polar surface area (TPSA) is 75.3 Å². The van der Waals surface area contributed by atoms with Gasteiger partial charge in [-0.1, -0.05) is 25.4 Å². The van der Waals surface area contributed by atoms with Crippen LogP contribution in [-0.4, -0.2) is 20.0 Å². The fourth-order valence-electron chi connectivity index (χ4n) is 1.62. The third kappa shape index (κ3) is 2.66. The molecule has 0 atom stereocenters. The van der Waals surface area contributed by atoms with Crippen LogP contribution in [0.2, 0.25) is 5.02 Å². The van der Waals surface area contributed by atoms with Gasteiger partial charge in [0, 0.05) is 5.39 Å². The van der Waals surface area contributed by atoms with E-state index in [9.17, 15) is 15.0 Å². The molecule has 0 fully saturated rings. The smallest absolute Gasteiger partial charge is 0.276 e. The normalized spacial score (nSPS) is 10.4. The van der Waals surface area contributed by atoms with Gasteiger partial charge >= 0.3 is 0 Å². The molecule has 1 aromatic heterocycles. The van der Waals surface area contributed by atoms with Crippen molar-refractivity contribution < 1.29 is 10.2 Å². The highest BCUT2D eigenvalue weighted by atomic mass is 35.5. The number of fused-ring (bicyclic) bond motifs is 1. The van der Waals surface area contributed by atoms with Crippen LogP contribution in [0.1, 0.15) is 33.7 Å². The summed E-state index contributed by atoms with van der Waals surface area (Å²) in [7, 11) is 0. The summed E-state index contributed by atoms with van der Waals surface area (Å²) in [6.07, 6.45) is 1.43. The highest BCUT2D eigenvalue weighted by Crippen LogP contribution is 2.37. The van der Waals surface area contributed by atoms with Gasteiger partial charge in [-0.05, 0) is 19.9 Å². The Labute approximate surface area is 116 Å². The second-order valence-corrected chi connectivity index (χ2v) is 4.39. The van der Waals surface area contributed by atoms with Gasteiger partial charge in [0.2, 0.25) is 0 Å². The van der Waals surface area contributed by atoms with E-state index in [1.807, 2.05) is 27.7 Å². The van der Waals surface area contributed by atoms with Gasteiger partial charge in [0.25, 0.3) is 5.56 Å². The van der Waals surface area contributed by atoms with Crippen molar-refractivity contribution in [3.8, 4) is 11.5 Å². The number of halogens is 1. The fraction of sp³-hybridized carbons (Fsp3) is 0.385. The Balaban J connectivity index is 0.000000861. The minimum absolute atomic E-state index is 0.112. The van der Waals surface area contributed by atoms with Crippen molar-refractivity contribution in [2.24, 2.45) is 0 Å². The number of rotatable bonds is 1. The maximum absolute atomic E-state index is 12.1. The molecule has 0 amide bonds. The molecule has 0 aliphatic rings. The lowest BCUT2D eigenvalue weighted by molar-refractivity contribution is 0.405. The van der Waals surface area contributed by atoms with Gasteiger partial charge in [-0.2, -0.15) is 5.10 Å². The first-order valence-corrected chi connectivity index (χ1v) is 6.43. The van der Waals surface area contributed by atoms with Crippen LogP contribution in [0.3, 0.4) is 0 Å². The molecule has 0 aliphatic heterocycles. The largest absolute Gasteiger partial charge is 0.504 e. The molecule has 2 N–H and O–H groups in total. The maximum Gasteiger partial charge on any atom is 0.276 e. The molecular weight excluding hydrogens is 268 g/mol. The van der Waals surface area contributed by atoms with Gasteiger partial charge in [-0.15, -0.1) is 0 Å². The van der Waals surface area contributed by atoms with Crippen molar-refractivity contribution in [2.45, 2.75) is 33.7 Å². The highest BCUT2D eigenvalue weighted by molar-refractivity contribution is 6.37. The SMILES string of the molecule is CC.CC(C)n1ncc2cc(O)c(O)c(Cl)c2c1=O. The average Bonchev–Trinajstić information content (AvgIpc) is 2.38. The summed E-state index contributed by atoms with van der Waals surface area (Å²) in [5.41, 5.74) is -0.391. The van der Waals surface area contributed by atoms with Crippen LogP contribution < -0.4 is 5.56 Å². The molecule has 5 nitrogen and oxygen atoms in total. The first kappa shape index (κ1) is 15.3. The number of phenols is 2.